The van der Waals surface area contributed by atoms with Crippen molar-refractivity contribution in [2.45, 2.75) is 37.6 Å². The van der Waals surface area contributed by atoms with E-state index in [9.17, 15) is 4.79 Å². The lowest BCUT2D eigenvalue weighted by Gasteiger charge is -2.10. The Bertz CT molecular complexity index is 687. The molecule has 2 aliphatic rings. The number of thioether (sulfide) groups is 1. The van der Waals surface area contributed by atoms with E-state index in [2.05, 4.69) is 15.6 Å². The molecule has 1 saturated heterocycles. The average molecular weight is 316 g/mol. The molecule has 1 amide bonds. The molecule has 4 rings (SSSR count). The van der Waals surface area contributed by atoms with Crippen molar-refractivity contribution in [1.29, 1.82) is 0 Å². The van der Waals surface area contributed by atoms with Crippen LogP contribution in [0.3, 0.4) is 0 Å². The predicted octanol–water partition coefficient (Wildman–Crippen LogP) is 2.82. The fourth-order valence-corrected chi connectivity index (χ4v) is 4.23. The van der Waals surface area contributed by atoms with Gasteiger partial charge in [0, 0.05) is 23.2 Å². The van der Waals surface area contributed by atoms with Crippen molar-refractivity contribution < 1.29 is 4.79 Å². The van der Waals surface area contributed by atoms with E-state index in [1.165, 1.54) is 25.7 Å². The summed E-state index contributed by atoms with van der Waals surface area (Å²) in [5.41, 5.74) is 2.82. The van der Waals surface area contributed by atoms with Crippen LogP contribution in [0.5, 0.6) is 0 Å². The number of hydrogen-bond donors (Lipinski definition) is 3. The van der Waals surface area contributed by atoms with Crippen LogP contribution in [0.15, 0.2) is 18.2 Å². The highest BCUT2D eigenvalue weighted by Crippen LogP contribution is 2.33. The molecule has 0 radical (unpaired) electrons. The molecule has 1 aromatic carbocycles. The summed E-state index contributed by atoms with van der Waals surface area (Å²) in [6, 6.07) is 5.82. The van der Waals surface area contributed by atoms with Crippen molar-refractivity contribution in [2.24, 2.45) is 0 Å². The molecule has 1 aromatic heterocycles. The number of amides is 1. The zero-order chi connectivity index (χ0) is 14.9. The molecule has 1 atom stereocenters. The van der Waals surface area contributed by atoms with Gasteiger partial charge in [-0.3, -0.25) is 10.1 Å². The average Bonchev–Trinajstić information content (AvgIpc) is 3.26. The summed E-state index contributed by atoms with van der Waals surface area (Å²) < 4.78 is 0. The van der Waals surface area contributed by atoms with Crippen molar-refractivity contribution in [2.75, 3.05) is 16.9 Å². The van der Waals surface area contributed by atoms with Crippen molar-refractivity contribution in [3.05, 3.63) is 24.0 Å². The molecule has 1 aliphatic carbocycles. The van der Waals surface area contributed by atoms with Gasteiger partial charge in [-0.25, -0.2) is 4.98 Å². The molecule has 0 spiro atoms. The number of carbonyl (C=O) groups excluding carboxylic acids is 1. The fraction of sp³-hybridized carbons (Fsp3) is 0.500. The summed E-state index contributed by atoms with van der Waals surface area (Å²) in [5, 5.41) is 6.18. The van der Waals surface area contributed by atoms with Gasteiger partial charge >= 0.3 is 0 Å². The number of aromatic nitrogens is 2. The molecule has 2 aromatic rings. The van der Waals surface area contributed by atoms with Crippen LogP contribution in [0.4, 0.5) is 5.69 Å². The summed E-state index contributed by atoms with van der Waals surface area (Å²) in [7, 11) is 0. The maximum Gasteiger partial charge on any atom is 0.242 e. The lowest BCUT2D eigenvalue weighted by molar-refractivity contribution is -0.117. The van der Waals surface area contributed by atoms with Crippen molar-refractivity contribution >= 4 is 34.4 Å². The van der Waals surface area contributed by atoms with Gasteiger partial charge in [0.05, 0.1) is 17.1 Å². The SMILES string of the molecule is O=C(Nc1ccc2nc(C3CCCC3)[nH]c2c1)C1CSCN1. The molecule has 1 unspecified atom stereocenters. The molecular weight excluding hydrogens is 296 g/mol. The van der Waals surface area contributed by atoms with Crippen molar-refractivity contribution in [3.63, 3.8) is 0 Å². The minimum Gasteiger partial charge on any atom is -0.342 e. The largest absolute Gasteiger partial charge is 0.342 e. The second kappa shape index (κ2) is 5.93. The Labute approximate surface area is 133 Å². The van der Waals surface area contributed by atoms with Gasteiger partial charge < -0.3 is 10.3 Å². The molecule has 3 N–H and O–H groups in total. The van der Waals surface area contributed by atoms with Crippen LogP contribution in [0.25, 0.3) is 11.0 Å². The number of anilines is 1. The molecule has 22 heavy (non-hydrogen) atoms. The molecule has 2 heterocycles. The standard InChI is InChI=1S/C16H20N4OS/c21-16(14-8-22-9-17-14)18-11-5-6-12-13(7-11)20-15(19-12)10-3-1-2-4-10/h5-7,10,14,17H,1-4,8-9H2,(H,18,21)(H,19,20). The van der Waals surface area contributed by atoms with Gasteiger partial charge in [-0.05, 0) is 31.0 Å². The Balaban J connectivity index is 1.53. The summed E-state index contributed by atoms with van der Waals surface area (Å²) in [6.45, 7) is 0. The van der Waals surface area contributed by atoms with E-state index in [0.29, 0.717) is 5.92 Å². The summed E-state index contributed by atoms with van der Waals surface area (Å²) in [5.74, 6) is 3.40. The van der Waals surface area contributed by atoms with Gasteiger partial charge in [-0.2, -0.15) is 0 Å². The first-order chi connectivity index (χ1) is 10.8. The summed E-state index contributed by atoms with van der Waals surface area (Å²) in [6.07, 6.45) is 5.06. The fourth-order valence-electron chi connectivity index (χ4n) is 3.29. The van der Waals surface area contributed by atoms with E-state index >= 15 is 0 Å². The highest BCUT2D eigenvalue weighted by Gasteiger charge is 2.23. The first-order valence-corrected chi connectivity index (χ1v) is 9.07. The second-order valence-corrected chi connectivity index (χ2v) is 7.13. The second-order valence-electron chi connectivity index (χ2n) is 6.10. The number of rotatable bonds is 3. The molecule has 1 saturated carbocycles. The van der Waals surface area contributed by atoms with E-state index in [1.54, 1.807) is 11.8 Å². The molecule has 0 bridgehead atoms. The van der Waals surface area contributed by atoms with Gasteiger partial charge in [0.15, 0.2) is 0 Å². The Morgan fingerprint density at radius 1 is 1.32 bits per heavy atom. The third kappa shape index (κ3) is 2.73. The van der Waals surface area contributed by atoms with E-state index in [4.69, 9.17) is 4.98 Å². The number of H-pyrrole nitrogens is 1. The van der Waals surface area contributed by atoms with Crippen LogP contribution in [0.1, 0.15) is 37.4 Å². The number of hydrogen-bond acceptors (Lipinski definition) is 4. The third-order valence-corrected chi connectivity index (χ3v) is 5.48. The Morgan fingerprint density at radius 2 is 2.18 bits per heavy atom. The van der Waals surface area contributed by atoms with Crippen LogP contribution in [0.2, 0.25) is 0 Å². The van der Waals surface area contributed by atoms with Crippen LogP contribution >= 0.6 is 11.8 Å². The van der Waals surface area contributed by atoms with Crippen molar-refractivity contribution in [1.82, 2.24) is 15.3 Å². The maximum atomic E-state index is 12.2. The summed E-state index contributed by atoms with van der Waals surface area (Å²) >= 11 is 1.75. The molecule has 6 heteroatoms. The number of aromatic amines is 1. The first kappa shape index (κ1) is 14.1. The first-order valence-electron chi connectivity index (χ1n) is 7.91. The third-order valence-electron chi connectivity index (χ3n) is 4.54. The van der Waals surface area contributed by atoms with Gasteiger partial charge in [0.25, 0.3) is 0 Å². The minimum atomic E-state index is -0.0866. The van der Waals surface area contributed by atoms with Gasteiger partial charge in [0.1, 0.15) is 5.82 Å². The highest BCUT2D eigenvalue weighted by atomic mass is 32.2. The molecule has 2 fully saturated rings. The normalized spacial score (nSPS) is 22.5. The maximum absolute atomic E-state index is 12.2. The molecule has 116 valence electrons. The summed E-state index contributed by atoms with van der Waals surface area (Å²) in [4.78, 5) is 20.3. The van der Waals surface area contributed by atoms with E-state index in [0.717, 1.165) is 34.2 Å². The highest BCUT2D eigenvalue weighted by molar-refractivity contribution is 7.99. The van der Waals surface area contributed by atoms with E-state index < -0.39 is 0 Å². The van der Waals surface area contributed by atoms with Gasteiger partial charge in [-0.15, -0.1) is 11.8 Å². The monoisotopic (exact) mass is 316 g/mol. The molecule has 5 nitrogen and oxygen atoms in total. The Kier molecular flexibility index (Phi) is 3.80. The number of carbonyl (C=O) groups is 1. The molecule has 1 aliphatic heterocycles. The number of nitrogens with zero attached hydrogens (tertiary/aromatic N) is 1. The zero-order valence-corrected chi connectivity index (χ0v) is 13.2. The van der Waals surface area contributed by atoms with Crippen LogP contribution in [0, 0.1) is 0 Å². The Hall–Kier alpha value is -1.53. The number of nitrogens with one attached hydrogen (secondary N) is 3. The van der Waals surface area contributed by atoms with E-state index in [1.807, 2.05) is 18.2 Å². The van der Waals surface area contributed by atoms with Gasteiger partial charge in [-0.1, -0.05) is 12.8 Å². The smallest absolute Gasteiger partial charge is 0.242 e. The van der Waals surface area contributed by atoms with Crippen LogP contribution < -0.4 is 10.6 Å². The number of imidazole rings is 1. The van der Waals surface area contributed by atoms with Gasteiger partial charge in [0.2, 0.25) is 5.91 Å². The number of fused-ring (bicyclic) bond motifs is 1. The Morgan fingerprint density at radius 3 is 2.95 bits per heavy atom. The van der Waals surface area contributed by atoms with Crippen LogP contribution in [-0.2, 0) is 4.79 Å². The quantitative estimate of drug-likeness (QED) is 0.814. The number of benzene rings is 1. The molecular formula is C16H20N4OS. The van der Waals surface area contributed by atoms with Crippen LogP contribution in [-0.4, -0.2) is 33.5 Å². The predicted molar refractivity (Wildman–Crippen MR) is 90.2 cm³/mol. The minimum absolute atomic E-state index is 0.0416. The lowest BCUT2D eigenvalue weighted by Crippen LogP contribution is -2.37. The topological polar surface area (TPSA) is 69.8 Å². The zero-order valence-electron chi connectivity index (χ0n) is 12.4. The van der Waals surface area contributed by atoms with E-state index in [-0.39, 0.29) is 11.9 Å². The van der Waals surface area contributed by atoms with Crippen molar-refractivity contribution in [3.8, 4) is 0 Å². The lowest BCUT2D eigenvalue weighted by atomic mass is 10.1.